The monoisotopic (exact) mass is 331 g/mol. The van der Waals surface area contributed by atoms with E-state index < -0.39 is 10.0 Å². The second-order valence-corrected chi connectivity index (χ2v) is 8.03. The van der Waals surface area contributed by atoms with Crippen LogP contribution in [0.5, 0.6) is 0 Å². The van der Waals surface area contributed by atoms with Crippen LogP contribution in [0.25, 0.3) is 0 Å². The summed E-state index contributed by atoms with van der Waals surface area (Å²) < 4.78 is 26.8. The fourth-order valence-corrected chi connectivity index (χ4v) is 4.31. The molecule has 0 saturated carbocycles. The Labute approximate surface area is 131 Å². The summed E-state index contributed by atoms with van der Waals surface area (Å²) in [6.07, 6.45) is 2.29. The van der Waals surface area contributed by atoms with Crippen LogP contribution in [0.2, 0.25) is 5.02 Å². The maximum atomic E-state index is 12.6. The van der Waals surface area contributed by atoms with E-state index in [1.165, 1.54) is 16.6 Å². The molecule has 1 aromatic heterocycles. The average molecular weight is 332 g/mol. The zero-order valence-electron chi connectivity index (χ0n) is 12.6. The van der Waals surface area contributed by atoms with Gasteiger partial charge in [0.05, 0.1) is 5.02 Å². The van der Waals surface area contributed by atoms with E-state index in [0.717, 1.165) is 6.42 Å². The number of sulfonamides is 1. The van der Waals surface area contributed by atoms with Gasteiger partial charge in [0.2, 0.25) is 10.0 Å². The number of hydrogen-bond acceptors (Lipinski definition) is 4. The molecule has 1 fully saturated rings. The van der Waals surface area contributed by atoms with Gasteiger partial charge in [0.1, 0.15) is 10.7 Å². The second kappa shape index (κ2) is 6.50. The molecule has 2 rings (SSSR count). The number of pyridine rings is 1. The molecule has 21 heavy (non-hydrogen) atoms. The lowest BCUT2D eigenvalue weighted by Crippen LogP contribution is -2.29. The fourth-order valence-electron chi connectivity index (χ4n) is 2.52. The van der Waals surface area contributed by atoms with E-state index in [2.05, 4.69) is 24.1 Å². The quantitative estimate of drug-likeness (QED) is 0.901. The molecule has 0 aromatic carbocycles. The van der Waals surface area contributed by atoms with Crippen LogP contribution in [0.1, 0.15) is 27.2 Å². The molecule has 1 aliphatic rings. The van der Waals surface area contributed by atoms with Gasteiger partial charge in [0, 0.05) is 25.8 Å². The first-order valence-corrected chi connectivity index (χ1v) is 9.07. The first-order chi connectivity index (χ1) is 9.86. The third-order valence-electron chi connectivity index (χ3n) is 3.93. The number of anilines is 1. The summed E-state index contributed by atoms with van der Waals surface area (Å²) in [4.78, 5) is 4.28. The van der Waals surface area contributed by atoms with Crippen LogP contribution < -0.4 is 5.32 Å². The van der Waals surface area contributed by atoms with Crippen LogP contribution in [0.4, 0.5) is 5.82 Å². The van der Waals surface area contributed by atoms with E-state index in [9.17, 15) is 8.42 Å². The highest BCUT2D eigenvalue weighted by Gasteiger charge is 2.34. The van der Waals surface area contributed by atoms with Crippen molar-refractivity contribution < 1.29 is 8.42 Å². The standard InChI is InChI=1S/C14H22ClN3O2S/c1-4-16-14-13(15)7-12(8-17-14)21(19,20)18-6-5-11(9-18)10(2)3/h7-8,10-11H,4-6,9H2,1-3H3,(H,16,17). The van der Waals surface area contributed by atoms with Crippen LogP contribution in [-0.2, 0) is 10.0 Å². The lowest BCUT2D eigenvalue weighted by atomic mass is 9.96. The molecule has 0 amide bonds. The highest BCUT2D eigenvalue weighted by Crippen LogP contribution is 2.30. The zero-order chi connectivity index (χ0) is 15.6. The Kier molecular flexibility index (Phi) is 5.11. The van der Waals surface area contributed by atoms with Gasteiger partial charge in [-0.15, -0.1) is 0 Å². The van der Waals surface area contributed by atoms with Crippen molar-refractivity contribution in [1.82, 2.24) is 9.29 Å². The van der Waals surface area contributed by atoms with E-state index in [1.807, 2.05) is 6.92 Å². The lowest BCUT2D eigenvalue weighted by Gasteiger charge is -2.18. The second-order valence-electron chi connectivity index (χ2n) is 5.69. The number of aromatic nitrogens is 1. The van der Waals surface area contributed by atoms with Gasteiger partial charge in [0.25, 0.3) is 0 Å². The molecule has 1 saturated heterocycles. The third kappa shape index (κ3) is 3.49. The van der Waals surface area contributed by atoms with Crippen molar-refractivity contribution in [1.29, 1.82) is 0 Å². The zero-order valence-corrected chi connectivity index (χ0v) is 14.2. The number of rotatable bonds is 5. The van der Waals surface area contributed by atoms with Gasteiger partial charge in [-0.2, -0.15) is 4.31 Å². The van der Waals surface area contributed by atoms with E-state index in [1.54, 1.807) is 0 Å². The first kappa shape index (κ1) is 16.5. The molecule has 0 bridgehead atoms. The highest BCUT2D eigenvalue weighted by atomic mass is 35.5. The van der Waals surface area contributed by atoms with Crippen LogP contribution in [0, 0.1) is 11.8 Å². The lowest BCUT2D eigenvalue weighted by molar-refractivity contribution is 0.388. The Bertz CT molecular complexity index is 604. The van der Waals surface area contributed by atoms with Gasteiger partial charge in [-0.25, -0.2) is 13.4 Å². The average Bonchev–Trinajstić information content (AvgIpc) is 2.91. The molecule has 7 heteroatoms. The van der Waals surface area contributed by atoms with Crippen molar-refractivity contribution in [2.24, 2.45) is 11.8 Å². The Morgan fingerprint density at radius 3 is 2.76 bits per heavy atom. The summed E-state index contributed by atoms with van der Waals surface area (Å²) in [6.45, 7) is 8.01. The summed E-state index contributed by atoms with van der Waals surface area (Å²) in [5, 5.41) is 3.33. The molecular weight excluding hydrogens is 310 g/mol. The molecule has 2 heterocycles. The van der Waals surface area contributed by atoms with E-state index in [4.69, 9.17) is 11.6 Å². The van der Waals surface area contributed by atoms with Crippen molar-refractivity contribution >= 4 is 27.4 Å². The van der Waals surface area contributed by atoms with Gasteiger partial charge >= 0.3 is 0 Å². The maximum Gasteiger partial charge on any atom is 0.244 e. The normalized spacial score (nSPS) is 20.1. The minimum atomic E-state index is -3.50. The van der Waals surface area contributed by atoms with E-state index in [-0.39, 0.29) is 4.90 Å². The van der Waals surface area contributed by atoms with Gasteiger partial charge in [-0.3, -0.25) is 0 Å². The largest absolute Gasteiger partial charge is 0.369 e. The minimum absolute atomic E-state index is 0.165. The topological polar surface area (TPSA) is 62.3 Å². The van der Waals surface area contributed by atoms with Crippen molar-refractivity contribution in [2.45, 2.75) is 32.1 Å². The molecule has 118 valence electrons. The van der Waals surface area contributed by atoms with Crippen molar-refractivity contribution in [3.05, 3.63) is 17.3 Å². The van der Waals surface area contributed by atoms with E-state index in [0.29, 0.717) is 42.3 Å². The number of hydrogen-bond donors (Lipinski definition) is 1. The van der Waals surface area contributed by atoms with Crippen molar-refractivity contribution in [3.8, 4) is 0 Å². The summed E-state index contributed by atoms with van der Waals surface area (Å²) >= 11 is 6.09. The number of nitrogens with one attached hydrogen (secondary N) is 1. The smallest absolute Gasteiger partial charge is 0.244 e. The van der Waals surface area contributed by atoms with Crippen molar-refractivity contribution in [3.63, 3.8) is 0 Å². The van der Waals surface area contributed by atoms with Crippen LogP contribution >= 0.6 is 11.6 Å². The molecule has 1 aliphatic heterocycles. The molecule has 0 spiro atoms. The highest BCUT2D eigenvalue weighted by molar-refractivity contribution is 7.89. The Morgan fingerprint density at radius 1 is 1.52 bits per heavy atom. The minimum Gasteiger partial charge on any atom is -0.369 e. The molecule has 0 aliphatic carbocycles. The Hall–Kier alpha value is -0.850. The molecule has 1 N–H and O–H groups in total. The Morgan fingerprint density at radius 2 is 2.24 bits per heavy atom. The van der Waals surface area contributed by atoms with Gasteiger partial charge < -0.3 is 5.32 Å². The maximum absolute atomic E-state index is 12.6. The molecule has 1 aromatic rings. The summed E-state index contributed by atoms with van der Waals surface area (Å²) in [6, 6.07) is 1.48. The first-order valence-electron chi connectivity index (χ1n) is 7.25. The number of halogens is 1. The summed E-state index contributed by atoms with van der Waals surface area (Å²) in [5.41, 5.74) is 0. The predicted molar refractivity (Wildman–Crippen MR) is 85.1 cm³/mol. The predicted octanol–water partition coefficient (Wildman–Crippen LogP) is 2.83. The molecule has 5 nitrogen and oxygen atoms in total. The third-order valence-corrected chi connectivity index (χ3v) is 6.05. The van der Waals surface area contributed by atoms with Gasteiger partial charge in [0.15, 0.2) is 0 Å². The summed E-state index contributed by atoms with van der Waals surface area (Å²) in [5.74, 6) is 1.42. The molecule has 1 atom stereocenters. The van der Waals surface area contributed by atoms with Gasteiger partial charge in [-0.05, 0) is 31.2 Å². The summed E-state index contributed by atoms with van der Waals surface area (Å²) in [7, 11) is -3.50. The Balaban J connectivity index is 2.22. The van der Waals surface area contributed by atoms with Crippen LogP contribution in [-0.4, -0.2) is 37.3 Å². The SMILES string of the molecule is CCNc1ncc(S(=O)(=O)N2CCC(C(C)C)C2)cc1Cl. The molecule has 1 unspecified atom stereocenters. The van der Waals surface area contributed by atoms with Crippen LogP contribution in [0.3, 0.4) is 0 Å². The van der Waals surface area contributed by atoms with Gasteiger partial charge in [-0.1, -0.05) is 25.4 Å². The van der Waals surface area contributed by atoms with Crippen LogP contribution in [0.15, 0.2) is 17.2 Å². The number of nitrogens with zero attached hydrogens (tertiary/aromatic N) is 2. The molecule has 0 radical (unpaired) electrons. The van der Waals surface area contributed by atoms with Crippen molar-refractivity contribution in [2.75, 3.05) is 25.0 Å². The molecular formula is C14H22ClN3O2S. The van der Waals surface area contributed by atoms with E-state index >= 15 is 0 Å². The fraction of sp³-hybridized carbons (Fsp3) is 0.643.